The molecule has 3 heterocycles. The molecule has 3 amide bonds. The molecule has 0 aliphatic carbocycles. The number of aromatic nitrogens is 1. The van der Waals surface area contributed by atoms with Crippen molar-refractivity contribution in [1.29, 1.82) is 0 Å². The van der Waals surface area contributed by atoms with Crippen molar-refractivity contribution in [2.75, 3.05) is 6.54 Å². The van der Waals surface area contributed by atoms with Crippen LogP contribution in [0, 0.1) is 0 Å². The third-order valence-corrected chi connectivity index (χ3v) is 5.50. The fraction of sp³-hybridized carbons (Fsp3) is 0.200. The van der Waals surface area contributed by atoms with Gasteiger partial charge in [-0.1, -0.05) is 41.6 Å². The Morgan fingerprint density at radius 2 is 2.03 bits per heavy atom. The van der Waals surface area contributed by atoms with Gasteiger partial charge in [-0.3, -0.25) is 14.5 Å². The van der Waals surface area contributed by atoms with Crippen LogP contribution >= 0.6 is 11.3 Å². The second-order valence-corrected chi connectivity index (χ2v) is 7.58. The molecular weight excluding hydrogens is 394 g/mol. The molecule has 1 aromatic carbocycles. The second kappa shape index (κ2) is 7.51. The molecule has 1 N–H and O–H groups in total. The summed E-state index contributed by atoms with van der Waals surface area (Å²) in [6.07, 6.45) is 0. The van der Waals surface area contributed by atoms with Crippen molar-refractivity contribution in [3.8, 4) is 10.6 Å². The van der Waals surface area contributed by atoms with Gasteiger partial charge in [-0.2, -0.15) is 0 Å². The van der Waals surface area contributed by atoms with Crippen molar-refractivity contribution in [2.45, 2.75) is 19.1 Å². The Balaban J connectivity index is 1.37. The lowest BCUT2D eigenvalue weighted by Gasteiger charge is -2.21. The summed E-state index contributed by atoms with van der Waals surface area (Å²) >= 11 is 1.50. The maximum absolute atomic E-state index is 12.8. The predicted octanol–water partition coefficient (Wildman–Crippen LogP) is 2.91. The number of ether oxygens (including phenoxy) is 1. The van der Waals surface area contributed by atoms with Gasteiger partial charge in [0.15, 0.2) is 5.76 Å². The summed E-state index contributed by atoms with van der Waals surface area (Å²) in [6, 6.07) is 13.7. The number of carbonyl (C=O) groups is 3. The molecule has 8 nitrogen and oxygen atoms in total. The van der Waals surface area contributed by atoms with Gasteiger partial charge in [-0.15, -0.1) is 11.3 Å². The summed E-state index contributed by atoms with van der Waals surface area (Å²) in [7, 11) is 0. The molecule has 29 heavy (non-hydrogen) atoms. The van der Waals surface area contributed by atoms with Gasteiger partial charge in [0.1, 0.15) is 24.4 Å². The quantitative estimate of drug-likeness (QED) is 0.494. The van der Waals surface area contributed by atoms with Gasteiger partial charge in [0.2, 0.25) is 0 Å². The van der Waals surface area contributed by atoms with Crippen LogP contribution in [-0.4, -0.2) is 34.5 Å². The number of thiophene rings is 1. The zero-order valence-electron chi connectivity index (χ0n) is 15.5. The van der Waals surface area contributed by atoms with Crippen molar-refractivity contribution < 1.29 is 23.6 Å². The first-order chi connectivity index (χ1) is 14.0. The molecule has 2 aromatic heterocycles. The number of rotatable bonds is 6. The molecule has 1 saturated heterocycles. The molecule has 4 rings (SSSR count). The fourth-order valence-electron chi connectivity index (χ4n) is 3.05. The number of hydrogen-bond donors (Lipinski definition) is 1. The lowest BCUT2D eigenvalue weighted by atomic mass is 9.92. The van der Waals surface area contributed by atoms with E-state index in [2.05, 4.69) is 10.5 Å². The smallest absolute Gasteiger partial charge is 0.326 e. The Bertz CT molecular complexity index is 1050. The highest BCUT2D eigenvalue weighted by molar-refractivity contribution is 7.13. The minimum atomic E-state index is -1.22. The van der Waals surface area contributed by atoms with Crippen molar-refractivity contribution >= 4 is 29.2 Å². The van der Waals surface area contributed by atoms with Crippen LogP contribution in [-0.2, 0) is 26.5 Å². The molecule has 0 radical (unpaired) electrons. The molecule has 148 valence electrons. The Hall–Kier alpha value is -3.46. The van der Waals surface area contributed by atoms with Crippen LogP contribution in [0.4, 0.5) is 4.79 Å². The summed E-state index contributed by atoms with van der Waals surface area (Å²) in [4.78, 5) is 39.0. The Kier molecular flexibility index (Phi) is 4.89. The number of amides is 3. The number of hydrogen-bond acceptors (Lipinski definition) is 7. The first-order valence-electron chi connectivity index (χ1n) is 8.82. The molecule has 0 bridgehead atoms. The lowest BCUT2D eigenvalue weighted by molar-refractivity contribution is -0.149. The van der Waals surface area contributed by atoms with Crippen molar-refractivity contribution in [3.63, 3.8) is 0 Å². The normalized spacial score (nSPS) is 18.7. The van der Waals surface area contributed by atoms with Crippen LogP contribution in [0.25, 0.3) is 10.6 Å². The van der Waals surface area contributed by atoms with E-state index in [1.807, 2.05) is 23.6 Å². The minimum absolute atomic E-state index is 0.118. The van der Waals surface area contributed by atoms with E-state index in [0.717, 1.165) is 9.78 Å². The van der Waals surface area contributed by atoms with Crippen molar-refractivity contribution in [3.05, 3.63) is 65.2 Å². The van der Waals surface area contributed by atoms with E-state index in [4.69, 9.17) is 9.26 Å². The van der Waals surface area contributed by atoms with E-state index in [-0.39, 0.29) is 6.61 Å². The van der Waals surface area contributed by atoms with E-state index in [9.17, 15) is 14.4 Å². The van der Waals surface area contributed by atoms with E-state index in [1.54, 1.807) is 37.3 Å². The Morgan fingerprint density at radius 3 is 2.76 bits per heavy atom. The van der Waals surface area contributed by atoms with Crippen molar-refractivity contribution in [2.24, 2.45) is 0 Å². The summed E-state index contributed by atoms with van der Waals surface area (Å²) in [5.41, 5.74) is -0.147. The number of benzene rings is 1. The number of carbonyl (C=O) groups excluding carboxylic acids is 3. The highest BCUT2D eigenvalue weighted by Crippen LogP contribution is 2.28. The van der Waals surface area contributed by atoms with Crippen LogP contribution < -0.4 is 5.32 Å². The average Bonchev–Trinajstić information content (AvgIpc) is 3.45. The van der Waals surface area contributed by atoms with Crippen LogP contribution in [0.5, 0.6) is 0 Å². The van der Waals surface area contributed by atoms with Crippen molar-refractivity contribution in [1.82, 2.24) is 15.4 Å². The molecular formula is C20H17N3O5S. The van der Waals surface area contributed by atoms with Crippen LogP contribution in [0.2, 0.25) is 0 Å². The molecule has 1 aliphatic heterocycles. The molecule has 0 spiro atoms. The third kappa shape index (κ3) is 3.64. The largest absolute Gasteiger partial charge is 0.458 e. The van der Waals surface area contributed by atoms with E-state index in [1.165, 1.54) is 11.3 Å². The second-order valence-electron chi connectivity index (χ2n) is 6.63. The van der Waals surface area contributed by atoms with Gasteiger partial charge in [-0.05, 0) is 23.9 Å². The summed E-state index contributed by atoms with van der Waals surface area (Å²) < 4.78 is 10.4. The number of nitrogens with zero attached hydrogens (tertiary/aromatic N) is 2. The average molecular weight is 411 g/mol. The SMILES string of the molecule is C[C@@]1(c2ccccc2)NC(=O)N(CC(=O)OCc2cc(-c3cccs3)on2)C1=O. The number of imide groups is 1. The van der Waals surface area contributed by atoms with Gasteiger partial charge >= 0.3 is 12.0 Å². The number of urea groups is 1. The summed E-state index contributed by atoms with van der Waals surface area (Å²) in [6.45, 7) is 1.01. The molecule has 9 heteroatoms. The zero-order valence-corrected chi connectivity index (χ0v) is 16.3. The monoisotopic (exact) mass is 411 g/mol. The van der Waals surface area contributed by atoms with Gasteiger partial charge < -0.3 is 14.6 Å². The Morgan fingerprint density at radius 1 is 1.24 bits per heavy atom. The van der Waals surface area contributed by atoms with E-state index in [0.29, 0.717) is 17.0 Å². The van der Waals surface area contributed by atoms with E-state index < -0.39 is 30.0 Å². The van der Waals surface area contributed by atoms with Gasteiger partial charge in [-0.25, -0.2) is 4.79 Å². The predicted molar refractivity (Wildman–Crippen MR) is 104 cm³/mol. The molecule has 0 saturated carbocycles. The number of esters is 1. The first-order valence-corrected chi connectivity index (χ1v) is 9.70. The molecule has 3 aromatic rings. The minimum Gasteiger partial charge on any atom is -0.458 e. The molecule has 1 aliphatic rings. The summed E-state index contributed by atoms with van der Waals surface area (Å²) in [5.74, 6) is -0.641. The van der Waals surface area contributed by atoms with Gasteiger partial charge in [0.25, 0.3) is 5.91 Å². The summed E-state index contributed by atoms with van der Waals surface area (Å²) in [5, 5.41) is 8.43. The van der Waals surface area contributed by atoms with Gasteiger partial charge in [0.05, 0.1) is 4.88 Å². The Labute approximate surface area is 170 Å². The zero-order chi connectivity index (χ0) is 20.4. The van der Waals surface area contributed by atoms with Crippen LogP contribution in [0.1, 0.15) is 18.2 Å². The molecule has 0 unspecified atom stereocenters. The lowest BCUT2D eigenvalue weighted by Crippen LogP contribution is -2.41. The first kappa shape index (κ1) is 18.9. The fourth-order valence-corrected chi connectivity index (χ4v) is 3.72. The topological polar surface area (TPSA) is 102 Å². The highest BCUT2D eigenvalue weighted by atomic mass is 32.1. The molecule has 1 atom stereocenters. The third-order valence-electron chi connectivity index (χ3n) is 4.62. The number of nitrogens with one attached hydrogen (secondary N) is 1. The van der Waals surface area contributed by atoms with Crippen LogP contribution in [0.3, 0.4) is 0 Å². The maximum atomic E-state index is 12.8. The standard InChI is InChI=1S/C20H17N3O5S/c1-20(13-6-3-2-4-7-13)18(25)23(19(26)21-20)11-17(24)27-12-14-10-15(28-22-14)16-8-5-9-29-16/h2-10H,11-12H2,1H3,(H,21,26)/t20-/m0/s1. The highest BCUT2D eigenvalue weighted by Gasteiger charge is 2.49. The van der Waals surface area contributed by atoms with Gasteiger partial charge in [0, 0.05) is 6.07 Å². The molecule has 1 fully saturated rings. The maximum Gasteiger partial charge on any atom is 0.326 e. The van der Waals surface area contributed by atoms with E-state index >= 15 is 0 Å². The van der Waals surface area contributed by atoms with Crippen LogP contribution in [0.15, 0.2) is 58.4 Å².